The highest BCUT2D eigenvalue weighted by Gasteiger charge is 2.45. The van der Waals surface area contributed by atoms with Gasteiger partial charge in [0.15, 0.2) is 6.29 Å². The average Bonchev–Trinajstić information content (AvgIpc) is 3.11. The third-order valence-corrected chi connectivity index (χ3v) is 8.08. The molecule has 0 aromatic carbocycles. The zero-order chi connectivity index (χ0) is 26.3. The molecule has 3 heterocycles. The van der Waals surface area contributed by atoms with Crippen LogP contribution in [0.3, 0.4) is 0 Å². The number of carbonyl (C=O) groups excluding carboxylic acids is 1. The van der Waals surface area contributed by atoms with Crippen LogP contribution in [0.4, 0.5) is 0 Å². The summed E-state index contributed by atoms with van der Waals surface area (Å²) in [5, 5.41) is 32.4. The first-order valence-corrected chi connectivity index (χ1v) is 13.3. The van der Waals surface area contributed by atoms with Crippen LogP contribution in [0.1, 0.15) is 20.3 Å². The third-order valence-electron chi connectivity index (χ3n) is 5.51. The van der Waals surface area contributed by atoms with Gasteiger partial charge in [-0.2, -0.15) is 0 Å². The van der Waals surface area contributed by atoms with Crippen LogP contribution >= 0.6 is 15.6 Å². The largest absolute Gasteiger partial charge is 0.756 e. The Morgan fingerprint density at radius 2 is 1.97 bits per heavy atom. The molecular formula is C17H28N3O13P2-. The summed E-state index contributed by atoms with van der Waals surface area (Å²) in [6, 6.07) is -1.32. The van der Waals surface area contributed by atoms with Gasteiger partial charge in [-0.1, -0.05) is 6.58 Å². The van der Waals surface area contributed by atoms with Crippen LogP contribution in [-0.4, -0.2) is 86.7 Å². The zero-order valence-corrected chi connectivity index (χ0v) is 20.5. The van der Waals surface area contributed by atoms with E-state index < -0.39 is 71.3 Å². The minimum atomic E-state index is -5.61. The molecule has 10 atom stereocenters. The molecule has 0 aromatic rings. The minimum Gasteiger partial charge on any atom is -0.756 e. The molecule has 3 rings (SSSR count). The summed E-state index contributed by atoms with van der Waals surface area (Å²) >= 11 is 0. The van der Waals surface area contributed by atoms with Crippen LogP contribution in [0.2, 0.25) is 0 Å². The van der Waals surface area contributed by atoms with Gasteiger partial charge in [0.1, 0.15) is 24.3 Å². The lowest BCUT2D eigenvalue weighted by Gasteiger charge is -2.41. The van der Waals surface area contributed by atoms with Crippen LogP contribution in [0, 0.1) is 0 Å². The van der Waals surface area contributed by atoms with Crippen LogP contribution in [0.5, 0.6) is 0 Å². The second-order valence-corrected chi connectivity index (χ2v) is 11.2. The van der Waals surface area contributed by atoms with E-state index in [9.17, 15) is 39.0 Å². The summed E-state index contributed by atoms with van der Waals surface area (Å²) in [6.07, 6.45) is -7.74. The van der Waals surface area contributed by atoms with E-state index in [4.69, 9.17) is 15.2 Å². The number of rotatable bonds is 8. The van der Waals surface area contributed by atoms with Crippen molar-refractivity contribution >= 4 is 21.6 Å². The van der Waals surface area contributed by atoms with Crippen molar-refractivity contribution < 1.29 is 61.9 Å². The Morgan fingerprint density at radius 3 is 2.63 bits per heavy atom. The molecule has 35 heavy (non-hydrogen) atoms. The molecule has 16 nitrogen and oxygen atoms in total. The number of nitrogens with one attached hydrogen (secondary N) is 1. The summed E-state index contributed by atoms with van der Waals surface area (Å²) < 4.78 is 48.2. The van der Waals surface area contributed by atoms with Gasteiger partial charge in [-0.25, -0.2) is 8.88 Å². The van der Waals surface area contributed by atoms with E-state index in [1.54, 1.807) is 6.92 Å². The fourth-order valence-corrected chi connectivity index (χ4v) is 5.67. The quantitative estimate of drug-likeness (QED) is 0.176. The lowest BCUT2D eigenvalue weighted by molar-refractivity contribution is -0.278. The van der Waals surface area contributed by atoms with E-state index in [0.29, 0.717) is 5.57 Å². The predicted molar refractivity (Wildman–Crippen MR) is 112 cm³/mol. The molecule has 0 spiro atoms. The molecule has 2 fully saturated rings. The number of aliphatic hydroxyl groups excluding tert-OH is 3. The first-order chi connectivity index (χ1) is 16.1. The van der Waals surface area contributed by atoms with Crippen molar-refractivity contribution in [2.45, 2.75) is 69.3 Å². The van der Waals surface area contributed by atoms with Gasteiger partial charge in [0, 0.05) is 18.2 Å². The second-order valence-electron chi connectivity index (χ2n) is 8.22. The second kappa shape index (κ2) is 10.6. The molecule has 0 bridgehead atoms. The van der Waals surface area contributed by atoms with Gasteiger partial charge in [0.05, 0.1) is 31.0 Å². The molecule has 3 aliphatic rings. The van der Waals surface area contributed by atoms with Gasteiger partial charge in [0.25, 0.3) is 13.7 Å². The van der Waals surface area contributed by atoms with E-state index in [0.717, 1.165) is 0 Å². The molecule has 7 N–H and O–H groups in total. The van der Waals surface area contributed by atoms with Crippen LogP contribution < -0.4 is 15.9 Å². The average molecular weight is 544 g/mol. The Morgan fingerprint density at radius 1 is 1.31 bits per heavy atom. The highest BCUT2D eigenvalue weighted by Crippen LogP contribution is 2.59. The Balaban J connectivity index is 1.55. The number of nitrogens with two attached hydrogens (primary N) is 1. The fraction of sp³-hybridized carbons (Fsp3) is 0.706. The topological polar surface area (TPSA) is 243 Å². The van der Waals surface area contributed by atoms with Crippen molar-refractivity contribution in [3.05, 3.63) is 24.2 Å². The summed E-state index contributed by atoms with van der Waals surface area (Å²) in [6.45, 7) is 5.83. The summed E-state index contributed by atoms with van der Waals surface area (Å²) in [5.41, 5.74) is 5.93. The van der Waals surface area contributed by atoms with Crippen LogP contribution in [0.25, 0.3) is 0 Å². The zero-order valence-electron chi connectivity index (χ0n) is 18.7. The summed E-state index contributed by atoms with van der Waals surface area (Å²) in [5.74, 6) is -0.167. The first-order valence-electron chi connectivity index (χ1n) is 10.4. The highest BCUT2D eigenvalue weighted by atomic mass is 31.3. The molecule has 3 aliphatic heterocycles. The molecule has 5 unspecified atom stereocenters. The van der Waals surface area contributed by atoms with Crippen molar-refractivity contribution in [2.24, 2.45) is 5.73 Å². The monoisotopic (exact) mass is 544 g/mol. The molecule has 18 heteroatoms. The van der Waals surface area contributed by atoms with Gasteiger partial charge < -0.3 is 50.5 Å². The molecular weight excluding hydrogens is 516 g/mol. The lowest BCUT2D eigenvalue weighted by Crippen LogP contribution is -2.61. The number of ether oxygens (including phenoxy) is 2. The van der Waals surface area contributed by atoms with Crippen molar-refractivity contribution in [3.63, 3.8) is 0 Å². The van der Waals surface area contributed by atoms with Gasteiger partial charge in [0.2, 0.25) is 0 Å². The third kappa shape index (κ3) is 6.76. The van der Waals surface area contributed by atoms with Gasteiger partial charge in [-0.05, 0) is 13.8 Å². The lowest BCUT2D eigenvalue weighted by atomic mass is 9.98. The van der Waals surface area contributed by atoms with E-state index in [-0.39, 0.29) is 18.1 Å². The molecule has 0 aliphatic carbocycles. The van der Waals surface area contributed by atoms with Crippen molar-refractivity contribution in [2.75, 3.05) is 6.61 Å². The SMILES string of the molecule is C=C1NC(=O)C(C)=CN1[C@H]1CC(O)[C@@H](COP(=O)(O)OP(=O)([O-])O[C@H]2OC(C)[C@@H](O)[C@H](N)C2O)O1. The first kappa shape index (κ1) is 28.3. The van der Waals surface area contributed by atoms with Crippen molar-refractivity contribution in [3.8, 4) is 0 Å². The Hall–Kier alpha value is -1.23. The molecule has 200 valence electrons. The number of phosphoric ester groups is 2. The Labute approximate surface area is 200 Å². The molecule has 0 aromatic heterocycles. The molecule has 1 amide bonds. The summed E-state index contributed by atoms with van der Waals surface area (Å²) in [4.78, 5) is 35.1. The standard InChI is InChI=1S/C17H29N3O13P2/c1-7-5-20(9(3)19-16(7)24)12-4-10(21)11(31-12)6-29-34(25,26)33-35(27,28)32-17-15(23)13(18)14(22)8(2)30-17/h5,8,10-15,17,21-23H,3-4,6,18H2,1-2H3,(H,19,24)(H,25,26)(H,27,28)/p-1/t8?,10?,11-,12-,13+,14-,15?,17-/m1/s1. The van der Waals surface area contributed by atoms with Gasteiger partial charge in [-0.3, -0.25) is 18.4 Å². The maximum Gasteiger partial charge on any atom is 0.478 e. The van der Waals surface area contributed by atoms with Crippen LogP contribution in [0.15, 0.2) is 24.2 Å². The normalized spacial score (nSPS) is 39.5. The maximum atomic E-state index is 12.2. The van der Waals surface area contributed by atoms with Gasteiger partial charge >= 0.3 is 7.82 Å². The summed E-state index contributed by atoms with van der Waals surface area (Å²) in [7, 11) is -10.9. The maximum absolute atomic E-state index is 12.2. The minimum absolute atomic E-state index is 0.00758. The van der Waals surface area contributed by atoms with Crippen LogP contribution in [-0.2, 0) is 36.8 Å². The number of phosphoric acid groups is 2. The van der Waals surface area contributed by atoms with Crippen molar-refractivity contribution in [1.29, 1.82) is 0 Å². The predicted octanol–water partition coefficient (Wildman–Crippen LogP) is -2.32. The molecule has 2 saturated heterocycles. The highest BCUT2D eigenvalue weighted by molar-refractivity contribution is 7.60. The molecule has 0 saturated carbocycles. The number of amides is 1. The fourth-order valence-electron chi connectivity index (χ4n) is 3.55. The van der Waals surface area contributed by atoms with E-state index in [1.165, 1.54) is 18.0 Å². The number of hydrogen-bond donors (Lipinski definition) is 6. The number of hydrogen-bond acceptors (Lipinski definition) is 14. The number of nitrogens with zero attached hydrogens (tertiary/aromatic N) is 1. The van der Waals surface area contributed by atoms with Gasteiger partial charge in [-0.15, -0.1) is 0 Å². The Kier molecular flexibility index (Phi) is 8.61. The van der Waals surface area contributed by atoms with E-state index in [2.05, 4.69) is 25.3 Å². The smallest absolute Gasteiger partial charge is 0.478 e. The Bertz CT molecular complexity index is 964. The van der Waals surface area contributed by atoms with Crippen molar-refractivity contribution in [1.82, 2.24) is 10.2 Å². The van der Waals surface area contributed by atoms with E-state index >= 15 is 0 Å². The molecule has 0 radical (unpaired) electrons. The van der Waals surface area contributed by atoms with E-state index in [1.807, 2.05) is 0 Å². The number of aliphatic hydroxyl groups is 3. The number of carbonyl (C=O) groups is 1.